The second-order valence-electron chi connectivity index (χ2n) is 5.02. The summed E-state index contributed by atoms with van der Waals surface area (Å²) in [4.78, 5) is 16.1. The number of hydrogen-bond donors (Lipinski definition) is 2. The average Bonchev–Trinajstić information content (AvgIpc) is 2.57. The average molecular weight is 335 g/mol. The van der Waals surface area contributed by atoms with Crippen LogP contribution in [0.15, 0.2) is 42.7 Å². The summed E-state index contributed by atoms with van der Waals surface area (Å²) >= 11 is 6.19. The summed E-state index contributed by atoms with van der Waals surface area (Å²) in [5.41, 5.74) is 0.452. The van der Waals surface area contributed by atoms with Gasteiger partial charge in [0.1, 0.15) is 11.5 Å². The molecule has 0 bridgehead atoms. The lowest BCUT2D eigenvalue weighted by Gasteiger charge is -2.16. The van der Waals surface area contributed by atoms with Gasteiger partial charge in [0.25, 0.3) is 5.91 Å². The summed E-state index contributed by atoms with van der Waals surface area (Å²) in [6, 6.07) is 8.27. The molecule has 2 rings (SSSR count). The Hall–Kier alpha value is -2.11. The van der Waals surface area contributed by atoms with Crippen LogP contribution < -0.4 is 10.1 Å². The van der Waals surface area contributed by atoms with Gasteiger partial charge in [-0.1, -0.05) is 18.5 Å². The molecule has 1 aromatic carbocycles. The van der Waals surface area contributed by atoms with E-state index in [1.807, 2.05) is 6.92 Å². The number of aliphatic hydroxyl groups is 1. The van der Waals surface area contributed by atoms with E-state index >= 15 is 0 Å². The Morgan fingerprint density at radius 3 is 2.70 bits per heavy atom. The molecule has 23 heavy (non-hydrogen) atoms. The lowest BCUT2D eigenvalue weighted by molar-refractivity contribution is 0.0929. The predicted molar refractivity (Wildman–Crippen MR) is 89.0 cm³/mol. The van der Waals surface area contributed by atoms with Crippen molar-refractivity contribution in [3.8, 4) is 11.5 Å². The van der Waals surface area contributed by atoms with Crippen molar-refractivity contribution in [1.29, 1.82) is 0 Å². The first-order valence-corrected chi connectivity index (χ1v) is 7.81. The van der Waals surface area contributed by atoms with E-state index in [1.54, 1.807) is 42.7 Å². The molecule has 2 aromatic rings. The van der Waals surface area contributed by atoms with Gasteiger partial charge in [-0.05, 0) is 43.2 Å². The molecule has 0 radical (unpaired) electrons. The molecule has 5 nitrogen and oxygen atoms in total. The quantitative estimate of drug-likeness (QED) is 0.814. The first-order chi connectivity index (χ1) is 11.1. The van der Waals surface area contributed by atoms with Crippen LogP contribution in [0.3, 0.4) is 0 Å². The van der Waals surface area contributed by atoms with Crippen LogP contribution in [0.4, 0.5) is 0 Å². The summed E-state index contributed by atoms with van der Waals surface area (Å²) in [5, 5.41) is 12.2. The fraction of sp³-hybridized carbons (Fsp3) is 0.294. The fourth-order valence-corrected chi connectivity index (χ4v) is 2.28. The third-order valence-corrected chi connectivity index (χ3v) is 3.67. The zero-order valence-electron chi connectivity index (χ0n) is 12.8. The largest absolute Gasteiger partial charge is 0.456 e. The first kappa shape index (κ1) is 17.2. The molecule has 0 spiro atoms. The number of nitrogens with zero attached hydrogens (tertiary/aromatic N) is 1. The molecule has 0 aliphatic carbocycles. The zero-order chi connectivity index (χ0) is 16.7. The van der Waals surface area contributed by atoms with Crippen molar-refractivity contribution >= 4 is 17.5 Å². The van der Waals surface area contributed by atoms with E-state index in [1.165, 1.54) is 0 Å². The van der Waals surface area contributed by atoms with E-state index in [4.69, 9.17) is 21.4 Å². The lowest BCUT2D eigenvalue weighted by atomic mass is 10.1. The minimum Gasteiger partial charge on any atom is -0.456 e. The number of amides is 1. The smallest absolute Gasteiger partial charge is 0.251 e. The number of nitrogens with one attached hydrogen (secondary N) is 1. The van der Waals surface area contributed by atoms with Gasteiger partial charge in [0.05, 0.1) is 5.02 Å². The molecule has 0 aliphatic heterocycles. The Kier molecular flexibility index (Phi) is 6.38. The normalized spacial score (nSPS) is 11.8. The van der Waals surface area contributed by atoms with E-state index in [0.29, 0.717) is 28.5 Å². The van der Waals surface area contributed by atoms with E-state index in [-0.39, 0.29) is 18.6 Å². The molecule has 122 valence electrons. The minimum absolute atomic E-state index is 0.0399. The van der Waals surface area contributed by atoms with Crippen molar-refractivity contribution in [2.45, 2.75) is 25.8 Å². The van der Waals surface area contributed by atoms with E-state index < -0.39 is 0 Å². The summed E-state index contributed by atoms with van der Waals surface area (Å²) in [5.74, 6) is 0.868. The third-order valence-electron chi connectivity index (χ3n) is 3.38. The molecule has 1 aromatic heterocycles. The number of carbonyl (C=O) groups is 1. The Morgan fingerprint density at radius 2 is 2.09 bits per heavy atom. The van der Waals surface area contributed by atoms with Crippen molar-refractivity contribution in [3.05, 3.63) is 53.3 Å². The topological polar surface area (TPSA) is 71.5 Å². The highest BCUT2D eigenvalue weighted by Crippen LogP contribution is 2.29. The van der Waals surface area contributed by atoms with Gasteiger partial charge in [0, 0.05) is 30.6 Å². The Morgan fingerprint density at radius 1 is 1.35 bits per heavy atom. The summed E-state index contributed by atoms with van der Waals surface area (Å²) in [6.07, 6.45) is 4.52. The second kappa shape index (κ2) is 8.50. The molecule has 0 aliphatic rings. The van der Waals surface area contributed by atoms with Gasteiger partial charge in [-0.2, -0.15) is 0 Å². The van der Waals surface area contributed by atoms with E-state index in [2.05, 4.69) is 10.3 Å². The third kappa shape index (κ3) is 4.94. The highest BCUT2D eigenvalue weighted by Gasteiger charge is 2.14. The molecular formula is C17H19ClN2O3. The van der Waals surface area contributed by atoms with Crippen LogP contribution in [-0.2, 0) is 0 Å². The van der Waals surface area contributed by atoms with Crippen LogP contribution in [0.5, 0.6) is 11.5 Å². The van der Waals surface area contributed by atoms with Gasteiger partial charge in [0.2, 0.25) is 0 Å². The summed E-state index contributed by atoms with van der Waals surface area (Å²) in [7, 11) is 0. The van der Waals surface area contributed by atoms with Crippen molar-refractivity contribution in [3.63, 3.8) is 0 Å². The number of aliphatic hydroxyl groups excluding tert-OH is 1. The van der Waals surface area contributed by atoms with Crippen LogP contribution >= 0.6 is 11.6 Å². The molecule has 0 fully saturated rings. The SMILES string of the molecule is CCC(CCO)NC(=O)c1ccc(Oc2ccncc2)c(Cl)c1. The number of rotatable bonds is 7. The Bertz CT molecular complexity index is 650. The highest BCUT2D eigenvalue weighted by atomic mass is 35.5. The maximum Gasteiger partial charge on any atom is 0.251 e. The van der Waals surface area contributed by atoms with Crippen LogP contribution in [0.25, 0.3) is 0 Å². The highest BCUT2D eigenvalue weighted by molar-refractivity contribution is 6.32. The van der Waals surface area contributed by atoms with Crippen LogP contribution in [0.1, 0.15) is 30.1 Å². The monoisotopic (exact) mass is 334 g/mol. The number of pyridine rings is 1. The molecule has 1 atom stereocenters. The molecule has 0 saturated heterocycles. The molecule has 1 amide bonds. The van der Waals surface area contributed by atoms with E-state index in [9.17, 15) is 4.79 Å². The molecule has 1 heterocycles. The standard InChI is InChI=1S/C17H19ClN2O3/c1-2-13(7-10-21)20-17(22)12-3-4-16(15(18)11-12)23-14-5-8-19-9-6-14/h3-6,8-9,11,13,21H,2,7,10H2,1H3,(H,20,22). The van der Waals surface area contributed by atoms with Gasteiger partial charge in [-0.15, -0.1) is 0 Å². The molecule has 0 saturated carbocycles. The van der Waals surface area contributed by atoms with Crippen molar-refractivity contribution < 1.29 is 14.6 Å². The Labute approximate surface area is 140 Å². The summed E-state index contributed by atoms with van der Waals surface area (Å²) < 4.78 is 5.65. The second-order valence-corrected chi connectivity index (χ2v) is 5.43. The van der Waals surface area contributed by atoms with Gasteiger partial charge in [0.15, 0.2) is 0 Å². The maximum absolute atomic E-state index is 12.2. The Balaban J connectivity index is 2.08. The van der Waals surface area contributed by atoms with Gasteiger partial charge in [-0.3, -0.25) is 9.78 Å². The van der Waals surface area contributed by atoms with Crippen LogP contribution in [-0.4, -0.2) is 28.6 Å². The van der Waals surface area contributed by atoms with Crippen molar-refractivity contribution in [1.82, 2.24) is 10.3 Å². The lowest BCUT2D eigenvalue weighted by Crippen LogP contribution is -2.35. The van der Waals surface area contributed by atoms with Crippen LogP contribution in [0.2, 0.25) is 5.02 Å². The minimum atomic E-state index is -0.220. The number of aromatic nitrogens is 1. The fourth-order valence-electron chi connectivity index (χ4n) is 2.06. The zero-order valence-corrected chi connectivity index (χ0v) is 13.6. The number of carbonyl (C=O) groups excluding carboxylic acids is 1. The van der Waals surface area contributed by atoms with Crippen molar-refractivity contribution in [2.24, 2.45) is 0 Å². The van der Waals surface area contributed by atoms with E-state index in [0.717, 1.165) is 6.42 Å². The first-order valence-electron chi connectivity index (χ1n) is 7.43. The number of hydrogen-bond acceptors (Lipinski definition) is 4. The number of benzene rings is 1. The predicted octanol–water partition coefficient (Wildman–Crippen LogP) is 3.42. The number of ether oxygens (including phenoxy) is 1. The van der Waals surface area contributed by atoms with Crippen LogP contribution in [0, 0.1) is 0 Å². The van der Waals surface area contributed by atoms with Crippen molar-refractivity contribution in [2.75, 3.05) is 6.61 Å². The molecule has 2 N–H and O–H groups in total. The molecule has 1 unspecified atom stereocenters. The van der Waals surface area contributed by atoms with Gasteiger partial charge < -0.3 is 15.2 Å². The summed E-state index contributed by atoms with van der Waals surface area (Å²) in [6.45, 7) is 2.00. The number of halogens is 1. The van der Waals surface area contributed by atoms with Gasteiger partial charge >= 0.3 is 0 Å². The maximum atomic E-state index is 12.2. The molecule has 6 heteroatoms. The molecular weight excluding hydrogens is 316 g/mol. The van der Waals surface area contributed by atoms with Gasteiger partial charge in [-0.25, -0.2) is 0 Å².